The van der Waals surface area contributed by atoms with E-state index < -0.39 is 5.82 Å². The van der Waals surface area contributed by atoms with E-state index in [0.717, 1.165) is 0 Å². The van der Waals surface area contributed by atoms with Crippen molar-refractivity contribution in [3.8, 4) is 17.0 Å². The van der Waals surface area contributed by atoms with Crippen LogP contribution in [0.15, 0.2) is 18.2 Å². The second kappa shape index (κ2) is 5.60. The predicted molar refractivity (Wildman–Crippen MR) is 82.4 cm³/mol. The Balaban J connectivity index is 2.66. The van der Waals surface area contributed by atoms with E-state index in [1.165, 1.54) is 13.2 Å². The van der Waals surface area contributed by atoms with Crippen LogP contribution >= 0.6 is 11.6 Å². The molecule has 1 aromatic carbocycles. The fourth-order valence-corrected chi connectivity index (χ4v) is 2.07. The minimum atomic E-state index is -0.396. The van der Waals surface area contributed by atoms with Gasteiger partial charge in [0, 0.05) is 22.6 Å². The Morgan fingerprint density at radius 3 is 2.38 bits per heavy atom. The topological polar surface area (TPSA) is 35.0 Å². The van der Waals surface area contributed by atoms with Crippen LogP contribution in [0.3, 0.4) is 0 Å². The molecular formula is C16H18ClFN2O. The summed E-state index contributed by atoms with van der Waals surface area (Å²) in [6, 6.07) is 4.68. The van der Waals surface area contributed by atoms with Gasteiger partial charge in [-0.05, 0) is 19.1 Å². The molecule has 2 rings (SSSR count). The van der Waals surface area contributed by atoms with Gasteiger partial charge >= 0.3 is 0 Å². The molecule has 0 spiro atoms. The Morgan fingerprint density at radius 1 is 1.19 bits per heavy atom. The van der Waals surface area contributed by atoms with Crippen LogP contribution in [0, 0.1) is 12.7 Å². The molecule has 0 amide bonds. The lowest BCUT2D eigenvalue weighted by molar-refractivity contribution is 0.411. The number of hydrogen-bond acceptors (Lipinski definition) is 3. The second-order valence-corrected chi connectivity index (χ2v) is 6.27. The number of hydrogen-bond donors (Lipinski definition) is 0. The van der Waals surface area contributed by atoms with Crippen LogP contribution in [0.1, 0.15) is 32.2 Å². The highest BCUT2D eigenvalue weighted by Crippen LogP contribution is 2.32. The van der Waals surface area contributed by atoms with Gasteiger partial charge in [0.2, 0.25) is 0 Å². The first-order valence-corrected chi connectivity index (χ1v) is 7.00. The van der Waals surface area contributed by atoms with Crippen LogP contribution in [0.2, 0.25) is 5.15 Å². The molecule has 21 heavy (non-hydrogen) atoms. The molecule has 3 nitrogen and oxygen atoms in total. The van der Waals surface area contributed by atoms with Crippen molar-refractivity contribution in [2.24, 2.45) is 0 Å². The fourth-order valence-electron chi connectivity index (χ4n) is 1.90. The van der Waals surface area contributed by atoms with Gasteiger partial charge in [-0.3, -0.25) is 0 Å². The number of rotatable bonds is 2. The summed E-state index contributed by atoms with van der Waals surface area (Å²) in [5.41, 5.74) is 1.30. The first-order chi connectivity index (χ1) is 9.74. The van der Waals surface area contributed by atoms with Gasteiger partial charge in [-0.15, -0.1) is 0 Å². The maximum atomic E-state index is 14.3. The van der Waals surface area contributed by atoms with Gasteiger partial charge in [-0.1, -0.05) is 32.4 Å². The summed E-state index contributed by atoms with van der Waals surface area (Å²) < 4.78 is 19.3. The maximum absolute atomic E-state index is 14.3. The van der Waals surface area contributed by atoms with Gasteiger partial charge in [0.1, 0.15) is 22.5 Å². The van der Waals surface area contributed by atoms with Gasteiger partial charge in [0.15, 0.2) is 0 Å². The minimum Gasteiger partial charge on any atom is -0.497 e. The molecule has 0 bridgehead atoms. The Morgan fingerprint density at radius 2 is 1.86 bits per heavy atom. The zero-order valence-corrected chi connectivity index (χ0v) is 13.5. The number of methoxy groups -OCH3 is 1. The van der Waals surface area contributed by atoms with Crippen molar-refractivity contribution >= 4 is 11.6 Å². The molecule has 0 fully saturated rings. The lowest BCUT2D eigenvalue weighted by Gasteiger charge is -2.19. The van der Waals surface area contributed by atoms with Crippen LogP contribution in [-0.2, 0) is 5.41 Å². The van der Waals surface area contributed by atoms with E-state index in [1.807, 2.05) is 20.8 Å². The highest BCUT2D eigenvalue weighted by molar-refractivity contribution is 6.30. The number of benzene rings is 1. The molecule has 0 saturated heterocycles. The normalized spacial score (nSPS) is 11.6. The van der Waals surface area contributed by atoms with Crippen LogP contribution in [0.25, 0.3) is 11.3 Å². The molecule has 0 N–H and O–H groups in total. The quantitative estimate of drug-likeness (QED) is 0.763. The highest BCUT2D eigenvalue weighted by Gasteiger charge is 2.22. The SMILES string of the molecule is COc1ccc(-c2nc(C(C)(C)C)nc(Cl)c2C)c(F)c1. The van der Waals surface area contributed by atoms with Gasteiger partial charge in [0.05, 0.1) is 12.8 Å². The zero-order valence-electron chi connectivity index (χ0n) is 12.8. The van der Waals surface area contributed by atoms with Crippen LogP contribution in [0.5, 0.6) is 5.75 Å². The average molecular weight is 309 g/mol. The lowest BCUT2D eigenvalue weighted by atomic mass is 9.95. The third-order valence-corrected chi connectivity index (χ3v) is 3.56. The summed E-state index contributed by atoms with van der Waals surface area (Å²) in [6.07, 6.45) is 0. The molecule has 0 unspecified atom stereocenters. The molecule has 0 saturated carbocycles. The monoisotopic (exact) mass is 308 g/mol. The molecule has 0 atom stereocenters. The smallest absolute Gasteiger partial charge is 0.136 e. The van der Waals surface area contributed by atoms with Gasteiger partial charge in [0.25, 0.3) is 0 Å². The van der Waals surface area contributed by atoms with Crippen LogP contribution in [0.4, 0.5) is 4.39 Å². The second-order valence-electron chi connectivity index (χ2n) is 5.91. The van der Waals surface area contributed by atoms with Gasteiger partial charge < -0.3 is 4.74 Å². The van der Waals surface area contributed by atoms with Gasteiger partial charge in [-0.2, -0.15) is 0 Å². The van der Waals surface area contributed by atoms with Crippen LogP contribution in [-0.4, -0.2) is 17.1 Å². The van der Waals surface area contributed by atoms with Crippen molar-refractivity contribution in [1.82, 2.24) is 9.97 Å². The Bertz CT molecular complexity index is 681. The molecule has 1 aromatic heterocycles. The summed E-state index contributed by atoms with van der Waals surface area (Å²) in [6.45, 7) is 7.75. The van der Waals surface area contributed by atoms with Crippen molar-refractivity contribution in [2.45, 2.75) is 33.1 Å². The molecule has 0 aliphatic rings. The highest BCUT2D eigenvalue weighted by atomic mass is 35.5. The molecule has 0 aliphatic carbocycles. The first kappa shape index (κ1) is 15.7. The van der Waals surface area contributed by atoms with Crippen molar-refractivity contribution in [2.75, 3.05) is 7.11 Å². The van der Waals surface area contributed by atoms with E-state index in [-0.39, 0.29) is 5.41 Å². The third-order valence-electron chi connectivity index (χ3n) is 3.19. The molecule has 0 aliphatic heterocycles. The number of nitrogens with zero attached hydrogens (tertiary/aromatic N) is 2. The summed E-state index contributed by atoms with van der Waals surface area (Å²) in [7, 11) is 1.50. The third kappa shape index (κ3) is 3.16. The predicted octanol–water partition coefficient (Wildman–Crippen LogP) is 4.55. The average Bonchev–Trinajstić information content (AvgIpc) is 2.40. The summed E-state index contributed by atoms with van der Waals surface area (Å²) in [5, 5.41) is 0.347. The number of aromatic nitrogens is 2. The number of halogens is 2. The fraction of sp³-hybridized carbons (Fsp3) is 0.375. The molecular weight excluding hydrogens is 291 g/mol. The van der Waals surface area contributed by atoms with Crippen molar-refractivity contribution < 1.29 is 9.13 Å². The summed E-state index contributed by atoms with van der Waals surface area (Å²) >= 11 is 6.19. The van der Waals surface area contributed by atoms with E-state index in [1.54, 1.807) is 19.1 Å². The largest absolute Gasteiger partial charge is 0.497 e. The minimum absolute atomic E-state index is 0.269. The maximum Gasteiger partial charge on any atom is 0.136 e. The molecule has 2 aromatic rings. The Hall–Kier alpha value is -1.68. The molecule has 0 radical (unpaired) electrons. The van der Waals surface area contributed by atoms with E-state index in [2.05, 4.69) is 9.97 Å². The Kier molecular flexibility index (Phi) is 4.19. The number of ether oxygens (including phenoxy) is 1. The van der Waals surface area contributed by atoms with Crippen LogP contribution < -0.4 is 4.74 Å². The first-order valence-electron chi connectivity index (χ1n) is 6.62. The van der Waals surface area contributed by atoms with Crippen molar-refractivity contribution in [3.63, 3.8) is 0 Å². The molecule has 5 heteroatoms. The summed E-state index contributed by atoms with van der Waals surface area (Å²) in [4.78, 5) is 8.82. The van der Waals surface area contributed by atoms with Gasteiger partial charge in [-0.25, -0.2) is 14.4 Å². The zero-order chi connectivity index (χ0) is 15.8. The lowest BCUT2D eigenvalue weighted by Crippen LogP contribution is -2.17. The van der Waals surface area contributed by atoms with E-state index in [9.17, 15) is 4.39 Å². The van der Waals surface area contributed by atoms with Crippen molar-refractivity contribution in [1.29, 1.82) is 0 Å². The molecule has 1 heterocycles. The summed E-state index contributed by atoms with van der Waals surface area (Å²) in [5.74, 6) is 0.653. The van der Waals surface area contributed by atoms with Crippen molar-refractivity contribution in [3.05, 3.63) is 40.6 Å². The standard InChI is InChI=1S/C16H18ClFN2O/c1-9-13(11-7-6-10(21-5)8-12(11)18)19-15(16(2,3)4)20-14(9)17/h6-8H,1-5H3. The Labute approximate surface area is 129 Å². The van der Waals surface area contributed by atoms with E-state index in [4.69, 9.17) is 16.3 Å². The van der Waals surface area contributed by atoms with E-state index in [0.29, 0.717) is 33.5 Å². The molecule has 112 valence electrons. The van der Waals surface area contributed by atoms with E-state index >= 15 is 0 Å².